The number of aryl methyl sites for hydroxylation is 1. The van der Waals surface area contributed by atoms with Gasteiger partial charge in [0.2, 0.25) is 0 Å². The van der Waals surface area contributed by atoms with Crippen LogP contribution < -0.4 is 0 Å². The first-order valence-electron chi connectivity index (χ1n) is 4.53. The zero-order chi connectivity index (χ0) is 9.80. The highest BCUT2D eigenvalue weighted by Crippen LogP contribution is 2.10. The lowest BCUT2D eigenvalue weighted by atomic mass is 10.1. The second-order valence-electron chi connectivity index (χ2n) is 3.09. The minimum absolute atomic E-state index is 0.542. The summed E-state index contributed by atoms with van der Waals surface area (Å²) in [4.78, 5) is 18.7. The normalized spacial score (nSPS) is 10.3. The standard InChI is InChI=1S/C11H10N2O/c14-6-2-3-9-7-11-10(13-8-9)4-1-5-12-11/h1,4-8H,2-3H2. The summed E-state index contributed by atoms with van der Waals surface area (Å²) in [6.07, 6.45) is 5.74. The second-order valence-corrected chi connectivity index (χ2v) is 3.09. The molecule has 0 aliphatic heterocycles. The number of rotatable bonds is 3. The van der Waals surface area contributed by atoms with E-state index in [1.165, 1.54) is 0 Å². The van der Waals surface area contributed by atoms with Crippen LogP contribution in [0.5, 0.6) is 0 Å². The molecule has 0 radical (unpaired) electrons. The summed E-state index contributed by atoms with van der Waals surface area (Å²) in [5, 5.41) is 0. The summed E-state index contributed by atoms with van der Waals surface area (Å²) in [7, 11) is 0. The van der Waals surface area contributed by atoms with Gasteiger partial charge in [-0.05, 0) is 30.2 Å². The van der Waals surface area contributed by atoms with E-state index in [0.717, 1.165) is 29.3 Å². The van der Waals surface area contributed by atoms with E-state index in [4.69, 9.17) is 0 Å². The third-order valence-corrected chi connectivity index (χ3v) is 2.06. The number of carbonyl (C=O) groups is 1. The van der Waals surface area contributed by atoms with Crippen LogP contribution in [0.2, 0.25) is 0 Å². The molecule has 3 heteroatoms. The van der Waals surface area contributed by atoms with Crippen LogP contribution in [0.15, 0.2) is 30.6 Å². The Hall–Kier alpha value is -1.77. The van der Waals surface area contributed by atoms with Gasteiger partial charge in [-0.25, -0.2) is 0 Å². The Kier molecular flexibility index (Phi) is 2.49. The average Bonchev–Trinajstić information content (AvgIpc) is 2.26. The Labute approximate surface area is 81.8 Å². The average molecular weight is 186 g/mol. The molecule has 0 aromatic carbocycles. The monoisotopic (exact) mass is 186 g/mol. The van der Waals surface area contributed by atoms with Crippen LogP contribution in [-0.2, 0) is 11.2 Å². The molecule has 70 valence electrons. The van der Waals surface area contributed by atoms with Crippen molar-refractivity contribution < 1.29 is 4.79 Å². The first-order chi connectivity index (χ1) is 6.90. The van der Waals surface area contributed by atoms with Gasteiger partial charge >= 0.3 is 0 Å². The molecule has 0 aliphatic rings. The van der Waals surface area contributed by atoms with Gasteiger partial charge in [-0.2, -0.15) is 0 Å². The number of aromatic nitrogens is 2. The van der Waals surface area contributed by atoms with Gasteiger partial charge in [0.05, 0.1) is 11.0 Å². The summed E-state index contributed by atoms with van der Waals surface area (Å²) in [5.41, 5.74) is 2.83. The van der Waals surface area contributed by atoms with Gasteiger partial charge in [-0.15, -0.1) is 0 Å². The Bertz CT molecular complexity index is 454. The fourth-order valence-corrected chi connectivity index (χ4v) is 1.36. The van der Waals surface area contributed by atoms with Crippen LogP contribution in [0, 0.1) is 0 Å². The lowest BCUT2D eigenvalue weighted by molar-refractivity contribution is -0.107. The SMILES string of the molecule is O=CCCc1cnc2cccnc2c1. The quantitative estimate of drug-likeness (QED) is 0.686. The van der Waals surface area contributed by atoms with Crippen molar-refractivity contribution in [2.75, 3.05) is 0 Å². The third kappa shape index (κ3) is 1.76. The highest BCUT2D eigenvalue weighted by Gasteiger charge is 1.97. The maximum Gasteiger partial charge on any atom is 0.120 e. The topological polar surface area (TPSA) is 42.9 Å². The van der Waals surface area contributed by atoms with Crippen molar-refractivity contribution in [2.24, 2.45) is 0 Å². The molecule has 0 atom stereocenters. The number of hydrogen-bond donors (Lipinski definition) is 0. The Morgan fingerprint density at radius 2 is 2.21 bits per heavy atom. The van der Waals surface area contributed by atoms with E-state index < -0.39 is 0 Å². The number of fused-ring (bicyclic) bond motifs is 1. The summed E-state index contributed by atoms with van der Waals surface area (Å²) >= 11 is 0. The molecule has 0 N–H and O–H groups in total. The van der Waals surface area contributed by atoms with Crippen LogP contribution in [0.25, 0.3) is 11.0 Å². The zero-order valence-electron chi connectivity index (χ0n) is 7.68. The Morgan fingerprint density at radius 1 is 1.29 bits per heavy atom. The van der Waals surface area contributed by atoms with Crippen molar-refractivity contribution >= 4 is 17.3 Å². The molecule has 0 aliphatic carbocycles. The zero-order valence-corrected chi connectivity index (χ0v) is 7.68. The second kappa shape index (κ2) is 3.96. The van der Waals surface area contributed by atoms with E-state index in [1.807, 2.05) is 18.2 Å². The molecular formula is C11H10N2O. The number of hydrogen-bond acceptors (Lipinski definition) is 3. The van der Waals surface area contributed by atoms with Crippen LogP contribution >= 0.6 is 0 Å². The summed E-state index contributed by atoms with van der Waals surface area (Å²) in [5.74, 6) is 0. The molecule has 0 fully saturated rings. The van der Waals surface area contributed by atoms with Gasteiger partial charge in [0.15, 0.2) is 0 Å². The molecule has 2 aromatic heterocycles. The summed E-state index contributed by atoms with van der Waals surface area (Å²) in [6.45, 7) is 0. The van der Waals surface area contributed by atoms with Crippen molar-refractivity contribution in [3.05, 3.63) is 36.2 Å². The largest absolute Gasteiger partial charge is 0.303 e. The van der Waals surface area contributed by atoms with Gasteiger partial charge in [0.25, 0.3) is 0 Å². The number of nitrogens with zero attached hydrogens (tertiary/aromatic N) is 2. The van der Waals surface area contributed by atoms with Crippen molar-refractivity contribution in [1.82, 2.24) is 9.97 Å². The number of aldehydes is 1. The van der Waals surface area contributed by atoms with Gasteiger partial charge in [0, 0.05) is 18.8 Å². The van der Waals surface area contributed by atoms with Crippen LogP contribution in [-0.4, -0.2) is 16.3 Å². The fraction of sp³-hybridized carbons (Fsp3) is 0.182. The van der Waals surface area contributed by atoms with Crippen LogP contribution in [0.4, 0.5) is 0 Å². The highest BCUT2D eigenvalue weighted by atomic mass is 16.1. The molecular weight excluding hydrogens is 176 g/mol. The minimum atomic E-state index is 0.542. The van der Waals surface area contributed by atoms with Gasteiger partial charge in [0.1, 0.15) is 6.29 Å². The van der Waals surface area contributed by atoms with Gasteiger partial charge in [-0.3, -0.25) is 9.97 Å². The van der Waals surface area contributed by atoms with Crippen molar-refractivity contribution in [1.29, 1.82) is 0 Å². The maximum atomic E-state index is 10.2. The number of pyridine rings is 2. The molecule has 0 amide bonds. The third-order valence-electron chi connectivity index (χ3n) is 2.06. The lowest BCUT2D eigenvalue weighted by Gasteiger charge is -1.99. The van der Waals surface area contributed by atoms with Gasteiger partial charge in [-0.1, -0.05) is 0 Å². The van der Waals surface area contributed by atoms with Crippen molar-refractivity contribution in [3.8, 4) is 0 Å². The van der Waals surface area contributed by atoms with E-state index in [2.05, 4.69) is 9.97 Å². The molecule has 0 saturated heterocycles. The number of carbonyl (C=O) groups excluding carboxylic acids is 1. The van der Waals surface area contributed by atoms with E-state index in [9.17, 15) is 4.79 Å². The molecule has 0 unspecified atom stereocenters. The molecule has 2 rings (SSSR count). The van der Waals surface area contributed by atoms with E-state index in [0.29, 0.717) is 6.42 Å². The van der Waals surface area contributed by atoms with E-state index >= 15 is 0 Å². The maximum absolute atomic E-state index is 10.2. The van der Waals surface area contributed by atoms with Crippen molar-refractivity contribution in [2.45, 2.75) is 12.8 Å². The first-order valence-corrected chi connectivity index (χ1v) is 4.53. The fourth-order valence-electron chi connectivity index (χ4n) is 1.36. The lowest BCUT2D eigenvalue weighted by Crippen LogP contribution is -1.89. The van der Waals surface area contributed by atoms with E-state index in [1.54, 1.807) is 12.4 Å². The summed E-state index contributed by atoms with van der Waals surface area (Å²) < 4.78 is 0. The smallest absolute Gasteiger partial charge is 0.120 e. The first kappa shape index (κ1) is 8.81. The molecule has 0 saturated carbocycles. The van der Waals surface area contributed by atoms with E-state index in [-0.39, 0.29) is 0 Å². The predicted molar refractivity (Wildman–Crippen MR) is 53.9 cm³/mol. The summed E-state index contributed by atoms with van der Waals surface area (Å²) in [6, 6.07) is 5.76. The molecule has 14 heavy (non-hydrogen) atoms. The van der Waals surface area contributed by atoms with Gasteiger partial charge < -0.3 is 4.79 Å². The molecule has 0 bridgehead atoms. The predicted octanol–water partition coefficient (Wildman–Crippen LogP) is 1.76. The Morgan fingerprint density at radius 3 is 3.07 bits per heavy atom. The van der Waals surface area contributed by atoms with Crippen LogP contribution in [0.3, 0.4) is 0 Å². The highest BCUT2D eigenvalue weighted by molar-refractivity contribution is 5.74. The molecule has 0 spiro atoms. The Balaban J connectivity index is 2.36. The molecule has 2 aromatic rings. The molecule has 3 nitrogen and oxygen atoms in total. The molecule has 2 heterocycles. The van der Waals surface area contributed by atoms with Crippen LogP contribution in [0.1, 0.15) is 12.0 Å². The van der Waals surface area contributed by atoms with Crippen molar-refractivity contribution in [3.63, 3.8) is 0 Å². The minimum Gasteiger partial charge on any atom is -0.303 e.